The molecule has 0 saturated carbocycles. The quantitative estimate of drug-likeness (QED) is 0.652. The maximum atomic E-state index is 13.8. The smallest absolute Gasteiger partial charge is 0.252 e. The zero-order valence-corrected chi connectivity index (χ0v) is 15.1. The summed E-state index contributed by atoms with van der Waals surface area (Å²) in [5.74, 6) is -1.78. The molecule has 144 valence electrons. The fourth-order valence-corrected chi connectivity index (χ4v) is 3.51. The Morgan fingerprint density at radius 2 is 1.79 bits per heavy atom. The third-order valence-corrected chi connectivity index (χ3v) is 4.93. The molecule has 0 N–H and O–H groups in total. The van der Waals surface area contributed by atoms with E-state index in [4.69, 9.17) is 4.74 Å². The molecule has 1 amide bonds. The molecule has 0 aliphatic carbocycles. The van der Waals surface area contributed by atoms with Crippen LogP contribution in [0, 0.1) is 17.5 Å². The lowest BCUT2D eigenvalue weighted by molar-refractivity contribution is -0.118. The number of hydrogen-bond acceptors (Lipinski definition) is 5. The highest BCUT2D eigenvalue weighted by molar-refractivity contribution is 7.99. The molecule has 0 saturated heterocycles. The Balaban J connectivity index is 1.58. The van der Waals surface area contributed by atoms with Crippen LogP contribution in [0.4, 0.5) is 13.2 Å². The van der Waals surface area contributed by atoms with Crippen molar-refractivity contribution in [3.63, 3.8) is 0 Å². The minimum atomic E-state index is -0.841. The van der Waals surface area contributed by atoms with Crippen LogP contribution in [0.15, 0.2) is 47.6 Å². The highest BCUT2D eigenvalue weighted by Crippen LogP contribution is 2.25. The van der Waals surface area contributed by atoms with Gasteiger partial charge in [-0.15, -0.1) is 10.2 Å². The third-order valence-electron chi connectivity index (χ3n) is 4.03. The Labute approximate surface area is 161 Å². The Kier molecular flexibility index (Phi) is 4.95. The minimum absolute atomic E-state index is 0.140. The second-order valence-electron chi connectivity index (χ2n) is 5.94. The first-order valence-corrected chi connectivity index (χ1v) is 9.20. The van der Waals surface area contributed by atoms with E-state index in [1.54, 1.807) is 12.1 Å². The third kappa shape index (κ3) is 3.68. The monoisotopic (exact) mass is 406 g/mol. The van der Waals surface area contributed by atoms with E-state index in [1.807, 2.05) is 0 Å². The summed E-state index contributed by atoms with van der Waals surface area (Å²) in [7, 11) is 0. The number of aromatic nitrogens is 3. The first-order valence-electron chi connectivity index (χ1n) is 8.21. The van der Waals surface area contributed by atoms with Crippen molar-refractivity contribution in [2.24, 2.45) is 0 Å². The van der Waals surface area contributed by atoms with E-state index in [1.165, 1.54) is 39.6 Å². The highest BCUT2D eigenvalue weighted by Gasteiger charge is 2.29. The van der Waals surface area contributed by atoms with Crippen molar-refractivity contribution in [2.75, 3.05) is 10.8 Å². The fraction of sp³-hybridized carbons (Fsp3) is 0.167. The summed E-state index contributed by atoms with van der Waals surface area (Å²) < 4.78 is 46.8. The number of hydrogen-bond donors (Lipinski definition) is 0. The lowest BCUT2D eigenvalue weighted by Gasteiger charge is -2.29. The molecule has 0 spiro atoms. The number of carbonyl (C=O) groups is 1. The zero-order chi connectivity index (χ0) is 19.7. The summed E-state index contributed by atoms with van der Waals surface area (Å²) in [4.78, 5) is 12.5. The van der Waals surface area contributed by atoms with Gasteiger partial charge in [-0.3, -0.25) is 4.79 Å². The summed E-state index contributed by atoms with van der Waals surface area (Å²) >= 11 is 1.22. The molecule has 0 fully saturated rings. The van der Waals surface area contributed by atoms with Gasteiger partial charge in [0, 0.05) is 6.07 Å². The van der Waals surface area contributed by atoms with Gasteiger partial charge in [0.25, 0.3) is 5.91 Å². The van der Waals surface area contributed by atoms with Crippen LogP contribution in [-0.2, 0) is 17.9 Å². The van der Waals surface area contributed by atoms with Gasteiger partial charge in [-0.05, 0) is 29.8 Å². The van der Waals surface area contributed by atoms with Crippen molar-refractivity contribution in [3.8, 4) is 5.75 Å². The summed E-state index contributed by atoms with van der Waals surface area (Å²) in [6.45, 7) is 0.00589. The van der Waals surface area contributed by atoms with E-state index in [9.17, 15) is 18.0 Å². The number of fused-ring (bicyclic) bond motifs is 1. The van der Waals surface area contributed by atoms with E-state index in [0.717, 1.165) is 17.7 Å². The Hall–Kier alpha value is -3.01. The van der Waals surface area contributed by atoms with E-state index < -0.39 is 11.6 Å². The van der Waals surface area contributed by atoms with Crippen LogP contribution in [0.25, 0.3) is 0 Å². The predicted octanol–water partition coefficient (Wildman–Crippen LogP) is 3.04. The molecule has 28 heavy (non-hydrogen) atoms. The number of ether oxygens (including phenoxy) is 1. The summed E-state index contributed by atoms with van der Waals surface area (Å²) in [5, 5.41) is 9.97. The molecule has 1 aliphatic rings. The maximum absolute atomic E-state index is 13.8. The lowest BCUT2D eigenvalue weighted by Crippen LogP contribution is -2.45. The fourth-order valence-electron chi connectivity index (χ4n) is 2.69. The summed E-state index contributed by atoms with van der Waals surface area (Å²) in [6, 6.07) is 8.76. The predicted molar refractivity (Wildman–Crippen MR) is 94.8 cm³/mol. The van der Waals surface area contributed by atoms with Gasteiger partial charge in [0.1, 0.15) is 18.2 Å². The topological polar surface area (TPSA) is 60.2 Å². The minimum Gasteiger partial charge on any atom is -0.482 e. The average molecular weight is 406 g/mol. The number of amides is 1. The van der Waals surface area contributed by atoms with Gasteiger partial charge < -0.3 is 4.74 Å². The molecular formula is C18H13F3N4O2S. The molecule has 1 aromatic heterocycles. The molecule has 4 rings (SSSR count). The zero-order valence-electron chi connectivity index (χ0n) is 14.3. The van der Waals surface area contributed by atoms with Crippen LogP contribution in [0.3, 0.4) is 0 Å². The largest absolute Gasteiger partial charge is 0.482 e. The number of thioether (sulfide) groups is 1. The van der Waals surface area contributed by atoms with Gasteiger partial charge in [0.05, 0.1) is 12.3 Å². The second kappa shape index (κ2) is 7.55. The van der Waals surface area contributed by atoms with Crippen LogP contribution >= 0.6 is 11.8 Å². The van der Waals surface area contributed by atoms with Crippen molar-refractivity contribution in [1.29, 1.82) is 0 Å². The van der Waals surface area contributed by atoms with E-state index in [2.05, 4.69) is 10.2 Å². The highest BCUT2D eigenvalue weighted by atomic mass is 32.2. The molecule has 0 bridgehead atoms. The molecule has 2 aromatic carbocycles. The Morgan fingerprint density at radius 3 is 2.54 bits per heavy atom. The number of halogens is 3. The van der Waals surface area contributed by atoms with Gasteiger partial charge in [0.2, 0.25) is 5.16 Å². The number of carbonyl (C=O) groups excluding carboxylic acids is 1. The van der Waals surface area contributed by atoms with E-state index in [0.29, 0.717) is 5.16 Å². The molecule has 0 atom stereocenters. The lowest BCUT2D eigenvalue weighted by atomic mass is 10.2. The second-order valence-corrected chi connectivity index (χ2v) is 6.88. The molecule has 6 nitrogen and oxygen atoms in total. The first-order chi connectivity index (χ1) is 13.5. The summed E-state index contributed by atoms with van der Waals surface area (Å²) in [5.41, 5.74) is 0.720. The van der Waals surface area contributed by atoms with Crippen molar-refractivity contribution in [2.45, 2.75) is 18.3 Å². The molecule has 2 heterocycles. The van der Waals surface area contributed by atoms with Crippen LogP contribution in [0.5, 0.6) is 5.75 Å². The molecule has 1 aliphatic heterocycles. The van der Waals surface area contributed by atoms with E-state index >= 15 is 0 Å². The van der Waals surface area contributed by atoms with E-state index in [-0.39, 0.29) is 42.2 Å². The number of benzene rings is 2. The van der Waals surface area contributed by atoms with Gasteiger partial charge >= 0.3 is 0 Å². The SMILES string of the molecule is O=C1CSc2nnc(COc3ccc(F)cc3F)n2N1Cc1ccc(F)cc1. The first kappa shape index (κ1) is 18.4. The van der Waals surface area contributed by atoms with Gasteiger partial charge in [-0.2, -0.15) is 0 Å². The van der Waals surface area contributed by atoms with Crippen LogP contribution in [-0.4, -0.2) is 26.5 Å². The standard InChI is InChI=1S/C18H13F3N4O2S/c19-12-3-1-11(2-4-12)8-24-17(26)10-28-18-23-22-16(25(18)24)9-27-15-6-5-13(20)7-14(15)21/h1-7H,8-10H2. The molecular weight excluding hydrogens is 393 g/mol. The van der Waals surface area contributed by atoms with Crippen molar-refractivity contribution >= 4 is 17.7 Å². The van der Waals surface area contributed by atoms with Crippen molar-refractivity contribution in [1.82, 2.24) is 14.9 Å². The van der Waals surface area contributed by atoms with Gasteiger partial charge in [-0.1, -0.05) is 23.9 Å². The van der Waals surface area contributed by atoms with Crippen LogP contribution in [0.2, 0.25) is 0 Å². The van der Waals surface area contributed by atoms with Crippen LogP contribution in [0.1, 0.15) is 11.4 Å². The molecule has 0 radical (unpaired) electrons. The molecule has 0 unspecified atom stereocenters. The molecule has 10 heteroatoms. The maximum Gasteiger partial charge on any atom is 0.252 e. The number of rotatable bonds is 5. The van der Waals surface area contributed by atoms with Gasteiger partial charge in [-0.25, -0.2) is 22.9 Å². The van der Waals surface area contributed by atoms with Crippen molar-refractivity contribution in [3.05, 3.63) is 71.3 Å². The summed E-state index contributed by atoms with van der Waals surface area (Å²) in [6.07, 6.45) is 0. The Bertz CT molecular complexity index is 1030. The van der Waals surface area contributed by atoms with Crippen LogP contribution < -0.4 is 9.75 Å². The Morgan fingerprint density at radius 1 is 1.04 bits per heavy atom. The van der Waals surface area contributed by atoms with Crippen molar-refractivity contribution < 1.29 is 22.7 Å². The van der Waals surface area contributed by atoms with Gasteiger partial charge in [0.15, 0.2) is 17.4 Å². The molecule has 3 aromatic rings. The normalized spacial score (nSPS) is 13.5. The average Bonchev–Trinajstić information content (AvgIpc) is 3.08. The number of nitrogens with zero attached hydrogens (tertiary/aromatic N) is 4.